The van der Waals surface area contributed by atoms with Gasteiger partial charge in [-0.1, -0.05) is 0 Å². The molecule has 0 atom stereocenters. The number of hydrogen-bond donors (Lipinski definition) is 0. The summed E-state index contributed by atoms with van der Waals surface area (Å²) < 4.78 is 11.2. The highest BCUT2D eigenvalue weighted by atomic mass is 16.7. The second kappa shape index (κ2) is 7.35. The Balaban J connectivity index is 1.61. The van der Waals surface area contributed by atoms with E-state index in [1.165, 1.54) is 36.7 Å². The molecule has 29 heavy (non-hydrogen) atoms. The lowest BCUT2D eigenvalue weighted by atomic mass is 10.1. The molecular weight excluding hydrogens is 380 g/mol. The third-order valence-electron chi connectivity index (χ3n) is 4.24. The molecule has 0 unspecified atom stereocenters. The maximum atomic E-state index is 11.2. The fourth-order valence-electron chi connectivity index (χ4n) is 2.97. The standard InChI is InChI=1S/C19H12N4O6/c24-22(25)14-5-7-16(18-12(14)3-1-9-20-18)28-11-29-17-8-6-15(23(26)27)13-4-2-10-21-19(13)17/h1-10H,11H2. The topological polar surface area (TPSA) is 131 Å². The maximum Gasteiger partial charge on any atom is 0.279 e. The number of benzene rings is 2. The number of aromatic nitrogens is 2. The monoisotopic (exact) mass is 392 g/mol. The van der Waals surface area contributed by atoms with E-state index in [-0.39, 0.29) is 18.2 Å². The molecule has 4 aromatic rings. The Morgan fingerprint density at radius 2 is 1.17 bits per heavy atom. The fraction of sp³-hybridized carbons (Fsp3) is 0.0526. The van der Waals surface area contributed by atoms with E-state index in [0.29, 0.717) is 33.3 Å². The molecule has 0 aliphatic rings. The number of nitro groups is 2. The van der Waals surface area contributed by atoms with E-state index in [0.717, 1.165) is 0 Å². The van der Waals surface area contributed by atoms with Crippen molar-refractivity contribution in [1.29, 1.82) is 0 Å². The number of nitro benzene ring substituents is 2. The minimum Gasteiger partial charge on any atom is -0.455 e. The Bertz CT molecular complexity index is 1160. The van der Waals surface area contributed by atoms with Crippen LogP contribution in [0.5, 0.6) is 11.5 Å². The molecule has 0 bridgehead atoms. The molecule has 2 heterocycles. The first-order valence-corrected chi connectivity index (χ1v) is 8.36. The highest BCUT2D eigenvalue weighted by Crippen LogP contribution is 2.33. The van der Waals surface area contributed by atoms with Crippen molar-refractivity contribution < 1.29 is 19.3 Å². The maximum absolute atomic E-state index is 11.2. The first-order chi connectivity index (χ1) is 14.1. The van der Waals surface area contributed by atoms with Crippen LogP contribution in [-0.2, 0) is 0 Å². The van der Waals surface area contributed by atoms with E-state index in [1.807, 2.05) is 0 Å². The van der Waals surface area contributed by atoms with Crippen molar-refractivity contribution in [3.05, 3.63) is 81.2 Å². The molecule has 0 N–H and O–H groups in total. The normalized spacial score (nSPS) is 10.8. The van der Waals surface area contributed by atoms with Gasteiger partial charge in [-0.2, -0.15) is 0 Å². The SMILES string of the molecule is O=[N+]([O-])c1ccc(OCOc2ccc([N+](=O)[O-])c3cccnc23)c2ncccc12. The summed E-state index contributed by atoms with van der Waals surface area (Å²) in [5, 5.41) is 23.1. The summed E-state index contributed by atoms with van der Waals surface area (Å²) in [5.41, 5.74) is 0.507. The Morgan fingerprint density at radius 3 is 1.59 bits per heavy atom. The fourth-order valence-corrected chi connectivity index (χ4v) is 2.97. The molecule has 0 aliphatic carbocycles. The van der Waals surface area contributed by atoms with E-state index in [4.69, 9.17) is 9.47 Å². The number of pyridine rings is 2. The van der Waals surface area contributed by atoms with Crippen molar-refractivity contribution in [2.24, 2.45) is 0 Å². The van der Waals surface area contributed by atoms with Gasteiger partial charge in [-0.05, 0) is 36.4 Å². The number of rotatable bonds is 6. The number of non-ortho nitro benzene ring substituents is 2. The molecule has 0 spiro atoms. The molecule has 0 amide bonds. The van der Waals surface area contributed by atoms with Gasteiger partial charge in [0.25, 0.3) is 11.4 Å². The summed E-state index contributed by atoms with van der Waals surface area (Å²) in [7, 11) is 0. The second-order valence-electron chi connectivity index (χ2n) is 5.89. The molecule has 2 aromatic heterocycles. The predicted molar refractivity (Wildman–Crippen MR) is 103 cm³/mol. The molecule has 4 rings (SSSR count). The molecule has 2 aromatic carbocycles. The summed E-state index contributed by atoms with van der Waals surface area (Å²) in [6.45, 7) is -0.243. The average molecular weight is 392 g/mol. The number of ether oxygens (including phenoxy) is 2. The Hall–Kier alpha value is -4.34. The van der Waals surface area contributed by atoms with E-state index >= 15 is 0 Å². The lowest BCUT2D eigenvalue weighted by Gasteiger charge is -2.11. The van der Waals surface area contributed by atoms with Gasteiger partial charge in [0.15, 0.2) is 0 Å². The molecule has 10 nitrogen and oxygen atoms in total. The molecule has 0 aliphatic heterocycles. The predicted octanol–water partition coefficient (Wildman–Crippen LogP) is 4.01. The molecule has 0 saturated heterocycles. The van der Waals surface area contributed by atoms with Gasteiger partial charge >= 0.3 is 0 Å². The largest absolute Gasteiger partial charge is 0.455 e. The van der Waals surface area contributed by atoms with Crippen molar-refractivity contribution in [2.75, 3.05) is 6.79 Å². The summed E-state index contributed by atoms with van der Waals surface area (Å²) in [6, 6.07) is 11.9. The molecule has 0 fully saturated rings. The van der Waals surface area contributed by atoms with Gasteiger partial charge in [0.2, 0.25) is 6.79 Å². The summed E-state index contributed by atoms with van der Waals surface area (Å²) in [5.74, 6) is 0.621. The van der Waals surface area contributed by atoms with Gasteiger partial charge in [-0.25, -0.2) is 0 Å². The van der Waals surface area contributed by atoms with Gasteiger partial charge in [0.05, 0.1) is 20.6 Å². The van der Waals surface area contributed by atoms with Gasteiger partial charge < -0.3 is 9.47 Å². The Labute approximate surface area is 162 Å². The van der Waals surface area contributed by atoms with Gasteiger partial charge in [-0.3, -0.25) is 30.2 Å². The van der Waals surface area contributed by atoms with Crippen LogP contribution in [-0.4, -0.2) is 26.6 Å². The number of nitrogens with zero attached hydrogens (tertiary/aromatic N) is 4. The van der Waals surface area contributed by atoms with Crippen molar-refractivity contribution >= 4 is 33.2 Å². The van der Waals surface area contributed by atoms with Gasteiger partial charge in [0.1, 0.15) is 22.5 Å². The van der Waals surface area contributed by atoms with Crippen molar-refractivity contribution in [3.63, 3.8) is 0 Å². The Kier molecular flexibility index (Phi) is 4.57. The highest BCUT2D eigenvalue weighted by Gasteiger charge is 2.17. The van der Waals surface area contributed by atoms with Crippen LogP contribution in [0, 0.1) is 20.2 Å². The quantitative estimate of drug-likeness (QED) is 0.273. The zero-order valence-corrected chi connectivity index (χ0v) is 14.7. The number of hydrogen-bond acceptors (Lipinski definition) is 8. The average Bonchev–Trinajstić information content (AvgIpc) is 2.73. The van der Waals surface area contributed by atoms with Crippen molar-refractivity contribution in [3.8, 4) is 11.5 Å². The zero-order chi connectivity index (χ0) is 20.4. The third-order valence-corrected chi connectivity index (χ3v) is 4.24. The lowest BCUT2D eigenvalue weighted by Crippen LogP contribution is -2.07. The minimum absolute atomic E-state index is 0.0769. The summed E-state index contributed by atoms with van der Waals surface area (Å²) in [6.07, 6.45) is 3.01. The van der Waals surface area contributed by atoms with Crippen molar-refractivity contribution in [2.45, 2.75) is 0 Å². The van der Waals surface area contributed by atoms with Gasteiger partial charge in [0, 0.05) is 24.5 Å². The second-order valence-corrected chi connectivity index (χ2v) is 5.89. The van der Waals surface area contributed by atoms with Crippen LogP contribution in [0.2, 0.25) is 0 Å². The smallest absolute Gasteiger partial charge is 0.279 e. The van der Waals surface area contributed by atoms with Crippen LogP contribution in [0.1, 0.15) is 0 Å². The van der Waals surface area contributed by atoms with Crippen LogP contribution < -0.4 is 9.47 Å². The van der Waals surface area contributed by atoms with E-state index in [2.05, 4.69) is 9.97 Å². The first-order valence-electron chi connectivity index (χ1n) is 8.36. The van der Waals surface area contributed by atoms with E-state index in [1.54, 1.807) is 24.3 Å². The molecule has 10 heteroatoms. The molecule has 0 saturated carbocycles. The molecular formula is C19H12N4O6. The third kappa shape index (κ3) is 3.34. The van der Waals surface area contributed by atoms with Crippen LogP contribution in [0.3, 0.4) is 0 Å². The van der Waals surface area contributed by atoms with Crippen LogP contribution >= 0.6 is 0 Å². The van der Waals surface area contributed by atoms with Gasteiger partial charge in [-0.15, -0.1) is 0 Å². The Morgan fingerprint density at radius 1 is 0.724 bits per heavy atom. The van der Waals surface area contributed by atoms with Crippen molar-refractivity contribution in [1.82, 2.24) is 9.97 Å². The molecule has 144 valence electrons. The van der Waals surface area contributed by atoms with Crippen LogP contribution in [0.15, 0.2) is 60.9 Å². The van der Waals surface area contributed by atoms with Crippen LogP contribution in [0.25, 0.3) is 21.8 Å². The highest BCUT2D eigenvalue weighted by molar-refractivity contribution is 5.93. The first kappa shape index (κ1) is 18.0. The number of fused-ring (bicyclic) bond motifs is 2. The zero-order valence-electron chi connectivity index (χ0n) is 14.7. The van der Waals surface area contributed by atoms with E-state index in [9.17, 15) is 20.2 Å². The summed E-state index contributed by atoms with van der Waals surface area (Å²) >= 11 is 0. The molecule has 0 radical (unpaired) electrons. The minimum atomic E-state index is -0.487. The summed E-state index contributed by atoms with van der Waals surface area (Å²) in [4.78, 5) is 29.7. The van der Waals surface area contributed by atoms with Crippen LogP contribution in [0.4, 0.5) is 11.4 Å². The lowest BCUT2D eigenvalue weighted by molar-refractivity contribution is -0.383. The van der Waals surface area contributed by atoms with E-state index < -0.39 is 9.85 Å².